The topological polar surface area (TPSA) is 37.5 Å². The number of rotatable bonds is 1. The first-order valence-electron chi connectivity index (χ1n) is 8.72. The second-order valence-corrected chi connectivity index (χ2v) is 9.80. The highest BCUT2D eigenvalue weighted by Gasteiger charge is 2.28. The standard InChI is InChI=1S/C21H28N2OS/c1-12-11-25-19-22-13(2)17(23(12)19)14-9-15(20(3,4)5)18(24)16(10-14)21(6,7)8/h9-11,24H,1-8H3. The Labute approximate surface area is 154 Å². The molecule has 0 radical (unpaired) electrons. The molecule has 0 aliphatic heterocycles. The first-order valence-corrected chi connectivity index (χ1v) is 9.60. The normalized spacial score (nSPS) is 13.0. The Balaban J connectivity index is 2.40. The summed E-state index contributed by atoms with van der Waals surface area (Å²) in [5.74, 6) is 0.421. The van der Waals surface area contributed by atoms with E-state index >= 15 is 0 Å². The van der Waals surface area contributed by atoms with Crippen LogP contribution in [0.5, 0.6) is 5.75 Å². The Morgan fingerprint density at radius 2 is 1.48 bits per heavy atom. The fraction of sp³-hybridized carbons (Fsp3) is 0.476. The average molecular weight is 357 g/mol. The van der Waals surface area contributed by atoms with Crippen LogP contribution in [0.4, 0.5) is 0 Å². The smallest absolute Gasteiger partial charge is 0.194 e. The predicted molar refractivity (Wildman–Crippen MR) is 107 cm³/mol. The van der Waals surface area contributed by atoms with Crippen molar-refractivity contribution in [1.29, 1.82) is 0 Å². The summed E-state index contributed by atoms with van der Waals surface area (Å²) in [5, 5.41) is 13.1. The third-order valence-electron chi connectivity index (χ3n) is 4.71. The van der Waals surface area contributed by atoms with E-state index in [1.165, 1.54) is 5.69 Å². The van der Waals surface area contributed by atoms with Crippen LogP contribution in [0.3, 0.4) is 0 Å². The van der Waals surface area contributed by atoms with Gasteiger partial charge in [0.05, 0.1) is 11.4 Å². The zero-order chi connectivity index (χ0) is 18.7. The number of hydrogen-bond donors (Lipinski definition) is 1. The summed E-state index contributed by atoms with van der Waals surface area (Å²) >= 11 is 1.67. The van der Waals surface area contributed by atoms with Crippen molar-refractivity contribution >= 4 is 16.3 Å². The molecule has 0 atom stereocenters. The van der Waals surface area contributed by atoms with Gasteiger partial charge in [0, 0.05) is 27.8 Å². The summed E-state index contributed by atoms with van der Waals surface area (Å²) in [6, 6.07) is 4.27. The molecule has 0 aliphatic carbocycles. The number of aromatic hydroxyl groups is 1. The number of nitrogens with zero attached hydrogens (tertiary/aromatic N) is 2. The number of phenols is 1. The Morgan fingerprint density at radius 3 is 1.96 bits per heavy atom. The van der Waals surface area contributed by atoms with E-state index in [4.69, 9.17) is 4.98 Å². The fourth-order valence-corrected chi connectivity index (χ4v) is 4.27. The van der Waals surface area contributed by atoms with Crippen LogP contribution in [0.2, 0.25) is 0 Å². The van der Waals surface area contributed by atoms with Crippen molar-refractivity contribution in [2.24, 2.45) is 0 Å². The molecule has 1 aromatic carbocycles. The number of hydrogen-bond acceptors (Lipinski definition) is 3. The predicted octanol–water partition coefficient (Wildman–Crippen LogP) is 5.98. The lowest BCUT2D eigenvalue weighted by Crippen LogP contribution is -2.17. The second kappa shape index (κ2) is 5.60. The number of aromatic nitrogens is 2. The molecule has 3 aromatic rings. The number of fused-ring (bicyclic) bond motifs is 1. The maximum Gasteiger partial charge on any atom is 0.194 e. The first-order chi connectivity index (χ1) is 11.4. The third kappa shape index (κ3) is 2.97. The van der Waals surface area contributed by atoms with Gasteiger partial charge in [-0.15, -0.1) is 11.3 Å². The van der Waals surface area contributed by atoms with Gasteiger partial charge in [0.1, 0.15) is 5.75 Å². The summed E-state index contributed by atoms with van der Waals surface area (Å²) in [5.41, 5.74) is 6.17. The third-order valence-corrected chi connectivity index (χ3v) is 5.65. The van der Waals surface area contributed by atoms with E-state index in [1.807, 2.05) is 0 Å². The van der Waals surface area contributed by atoms with Gasteiger partial charge in [-0.2, -0.15) is 0 Å². The molecule has 134 valence electrons. The van der Waals surface area contributed by atoms with Crippen molar-refractivity contribution < 1.29 is 5.11 Å². The van der Waals surface area contributed by atoms with Gasteiger partial charge < -0.3 is 5.11 Å². The molecule has 0 bridgehead atoms. The van der Waals surface area contributed by atoms with Gasteiger partial charge in [0.15, 0.2) is 4.96 Å². The molecular formula is C21H28N2OS. The number of thiazole rings is 1. The van der Waals surface area contributed by atoms with E-state index in [9.17, 15) is 5.11 Å². The maximum absolute atomic E-state index is 11.0. The molecule has 0 unspecified atom stereocenters. The lowest BCUT2D eigenvalue weighted by atomic mass is 9.78. The van der Waals surface area contributed by atoms with Crippen LogP contribution in [-0.4, -0.2) is 14.5 Å². The first kappa shape index (κ1) is 18.0. The molecule has 0 spiro atoms. The second-order valence-electron chi connectivity index (χ2n) is 8.96. The summed E-state index contributed by atoms with van der Waals surface area (Å²) in [6.07, 6.45) is 0. The van der Waals surface area contributed by atoms with E-state index in [1.54, 1.807) is 11.3 Å². The molecule has 0 fully saturated rings. The Bertz CT molecular complexity index is 914. The minimum Gasteiger partial charge on any atom is -0.507 e. The number of aryl methyl sites for hydroxylation is 2. The number of phenolic OH excluding ortho intramolecular Hbond substituents is 1. The highest BCUT2D eigenvalue weighted by atomic mass is 32.1. The number of imidazole rings is 1. The molecule has 2 aromatic heterocycles. The van der Waals surface area contributed by atoms with Gasteiger partial charge in [0.2, 0.25) is 0 Å². The molecule has 3 rings (SSSR count). The molecule has 0 amide bonds. The van der Waals surface area contributed by atoms with Crippen LogP contribution >= 0.6 is 11.3 Å². The van der Waals surface area contributed by atoms with Crippen molar-refractivity contribution in [3.8, 4) is 17.0 Å². The van der Waals surface area contributed by atoms with Gasteiger partial charge in [0.25, 0.3) is 0 Å². The highest BCUT2D eigenvalue weighted by Crippen LogP contribution is 2.42. The maximum atomic E-state index is 11.0. The zero-order valence-corrected chi connectivity index (χ0v) is 17.3. The molecule has 2 heterocycles. The van der Waals surface area contributed by atoms with Crippen molar-refractivity contribution in [2.45, 2.75) is 66.2 Å². The lowest BCUT2D eigenvalue weighted by Gasteiger charge is -2.28. The molecule has 25 heavy (non-hydrogen) atoms. The molecular weight excluding hydrogens is 328 g/mol. The van der Waals surface area contributed by atoms with Gasteiger partial charge in [-0.25, -0.2) is 4.98 Å². The SMILES string of the molecule is Cc1nc2scc(C)n2c1-c1cc(C(C)(C)C)c(O)c(C(C)(C)C)c1. The van der Waals surface area contributed by atoms with Crippen molar-refractivity contribution in [2.75, 3.05) is 0 Å². The van der Waals surface area contributed by atoms with E-state index < -0.39 is 0 Å². The summed E-state index contributed by atoms with van der Waals surface area (Å²) in [7, 11) is 0. The van der Waals surface area contributed by atoms with Crippen LogP contribution in [0, 0.1) is 13.8 Å². The molecule has 0 saturated heterocycles. The van der Waals surface area contributed by atoms with Crippen molar-refractivity contribution in [3.05, 3.63) is 40.0 Å². The van der Waals surface area contributed by atoms with Gasteiger partial charge in [-0.1, -0.05) is 41.5 Å². The van der Waals surface area contributed by atoms with E-state index in [2.05, 4.69) is 77.3 Å². The van der Waals surface area contributed by atoms with Crippen LogP contribution in [0.1, 0.15) is 64.1 Å². The van der Waals surface area contributed by atoms with E-state index in [0.29, 0.717) is 5.75 Å². The molecule has 1 N–H and O–H groups in total. The minimum absolute atomic E-state index is 0.137. The minimum atomic E-state index is -0.137. The quantitative estimate of drug-likeness (QED) is 0.582. The Kier molecular flexibility index (Phi) is 4.03. The van der Waals surface area contributed by atoms with E-state index in [0.717, 1.165) is 33.0 Å². The summed E-state index contributed by atoms with van der Waals surface area (Å²) in [6.45, 7) is 17.1. The summed E-state index contributed by atoms with van der Waals surface area (Å²) < 4.78 is 2.23. The van der Waals surface area contributed by atoms with Crippen LogP contribution < -0.4 is 0 Å². The molecule has 0 aliphatic rings. The van der Waals surface area contributed by atoms with Crippen LogP contribution in [0.25, 0.3) is 16.2 Å². The van der Waals surface area contributed by atoms with Gasteiger partial charge >= 0.3 is 0 Å². The van der Waals surface area contributed by atoms with Crippen molar-refractivity contribution in [3.63, 3.8) is 0 Å². The number of benzene rings is 1. The van der Waals surface area contributed by atoms with Crippen LogP contribution in [0.15, 0.2) is 17.5 Å². The molecule has 3 nitrogen and oxygen atoms in total. The highest BCUT2D eigenvalue weighted by molar-refractivity contribution is 7.15. The van der Waals surface area contributed by atoms with Crippen molar-refractivity contribution in [1.82, 2.24) is 9.38 Å². The van der Waals surface area contributed by atoms with Gasteiger partial charge in [-0.3, -0.25) is 4.40 Å². The van der Waals surface area contributed by atoms with Crippen LogP contribution in [-0.2, 0) is 10.8 Å². The Hall–Kier alpha value is -1.81. The largest absolute Gasteiger partial charge is 0.507 e. The monoisotopic (exact) mass is 356 g/mol. The molecule has 4 heteroatoms. The summed E-state index contributed by atoms with van der Waals surface area (Å²) in [4.78, 5) is 5.76. The Morgan fingerprint density at radius 1 is 0.960 bits per heavy atom. The fourth-order valence-electron chi connectivity index (χ4n) is 3.35. The average Bonchev–Trinajstić information content (AvgIpc) is 2.96. The zero-order valence-electron chi connectivity index (χ0n) is 16.5. The van der Waals surface area contributed by atoms with E-state index in [-0.39, 0.29) is 10.8 Å². The lowest BCUT2D eigenvalue weighted by molar-refractivity contribution is 0.423. The van der Waals surface area contributed by atoms with Gasteiger partial charge in [-0.05, 0) is 36.8 Å². The molecule has 0 saturated carbocycles.